The first-order chi connectivity index (χ1) is 3.72. The highest BCUT2D eigenvalue weighted by Crippen LogP contribution is 2.10. The standard InChI is InChI=1S/C4H7Cl3O/c5-1-3(6)4(7)2-8/h3-4,8H,1-2H2/t3-,4+/m1/s1. The Hall–Kier alpha value is 0.830. The Morgan fingerprint density at radius 2 is 1.75 bits per heavy atom. The quantitative estimate of drug-likeness (QED) is 0.647. The van der Waals surface area contributed by atoms with Gasteiger partial charge in [-0.2, -0.15) is 0 Å². The molecule has 0 aliphatic heterocycles. The van der Waals surface area contributed by atoms with Crippen molar-refractivity contribution in [1.29, 1.82) is 0 Å². The molecule has 0 rings (SSSR count). The van der Waals surface area contributed by atoms with Crippen LogP contribution in [0.25, 0.3) is 0 Å². The summed E-state index contributed by atoms with van der Waals surface area (Å²) in [6.07, 6.45) is 0. The van der Waals surface area contributed by atoms with E-state index in [9.17, 15) is 0 Å². The van der Waals surface area contributed by atoms with Crippen LogP contribution in [0.15, 0.2) is 0 Å². The molecule has 50 valence electrons. The van der Waals surface area contributed by atoms with Gasteiger partial charge < -0.3 is 5.11 Å². The van der Waals surface area contributed by atoms with Gasteiger partial charge in [0.25, 0.3) is 0 Å². The Bertz CT molecular complexity index is 51.2. The Balaban J connectivity index is 3.29. The molecule has 0 fully saturated rings. The van der Waals surface area contributed by atoms with Crippen molar-refractivity contribution >= 4 is 34.8 Å². The molecule has 0 aliphatic carbocycles. The predicted molar refractivity (Wildman–Crippen MR) is 37.1 cm³/mol. The molecule has 1 nitrogen and oxygen atoms in total. The Morgan fingerprint density at radius 1 is 1.25 bits per heavy atom. The van der Waals surface area contributed by atoms with Crippen LogP contribution in [0.3, 0.4) is 0 Å². The molecular weight excluding hydrogens is 170 g/mol. The molecule has 8 heavy (non-hydrogen) atoms. The van der Waals surface area contributed by atoms with E-state index in [4.69, 9.17) is 39.9 Å². The first-order valence-corrected chi connectivity index (χ1v) is 3.58. The largest absolute Gasteiger partial charge is 0.395 e. The summed E-state index contributed by atoms with van der Waals surface area (Å²) in [6, 6.07) is 0. The van der Waals surface area contributed by atoms with Crippen molar-refractivity contribution in [3.63, 3.8) is 0 Å². The van der Waals surface area contributed by atoms with Crippen LogP contribution in [0.1, 0.15) is 0 Å². The van der Waals surface area contributed by atoms with E-state index in [2.05, 4.69) is 0 Å². The van der Waals surface area contributed by atoms with E-state index in [0.717, 1.165) is 0 Å². The van der Waals surface area contributed by atoms with Gasteiger partial charge in [0.2, 0.25) is 0 Å². The molecule has 0 heterocycles. The first-order valence-electron chi connectivity index (χ1n) is 2.17. The first kappa shape index (κ1) is 8.83. The third-order valence-corrected chi connectivity index (χ3v) is 2.23. The molecule has 0 aromatic heterocycles. The molecule has 0 saturated carbocycles. The van der Waals surface area contributed by atoms with E-state index in [0.29, 0.717) is 0 Å². The fraction of sp³-hybridized carbons (Fsp3) is 1.00. The second kappa shape index (κ2) is 4.68. The molecule has 0 aromatic rings. The summed E-state index contributed by atoms with van der Waals surface area (Å²) in [7, 11) is 0. The third-order valence-electron chi connectivity index (χ3n) is 0.714. The van der Waals surface area contributed by atoms with Crippen molar-refractivity contribution in [2.24, 2.45) is 0 Å². The van der Waals surface area contributed by atoms with Crippen LogP contribution in [-0.2, 0) is 0 Å². The molecule has 4 heteroatoms. The van der Waals surface area contributed by atoms with Gasteiger partial charge >= 0.3 is 0 Å². The van der Waals surface area contributed by atoms with Crippen molar-refractivity contribution in [1.82, 2.24) is 0 Å². The Morgan fingerprint density at radius 3 is 1.88 bits per heavy atom. The molecule has 0 bridgehead atoms. The second-order valence-electron chi connectivity index (χ2n) is 1.37. The zero-order chi connectivity index (χ0) is 6.57. The van der Waals surface area contributed by atoms with Crippen LogP contribution in [0.2, 0.25) is 0 Å². The summed E-state index contributed by atoms with van der Waals surface area (Å²) in [4.78, 5) is 0. The maximum Gasteiger partial charge on any atom is 0.0742 e. The number of aliphatic hydroxyl groups excluding tert-OH is 1. The van der Waals surface area contributed by atoms with Crippen LogP contribution in [0.5, 0.6) is 0 Å². The van der Waals surface area contributed by atoms with Crippen molar-refractivity contribution in [2.45, 2.75) is 10.8 Å². The summed E-state index contributed by atoms with van der Waals surface area (Å²) in [5, 5.41) is 7.61. The lowest BCUT2D eigenvalue weighted by molar-refractivity contribution is 0.292. The number of rotatable bonds is 3. The summed E-state index contributed by atoms with van der Waals surface area (Å²) < 4.78 is 0. The Labute approximate surface area is 63.5 Å². The number of hydrogen-bond acceptors (Lipinski definition) is 1. The van der Waals surface area contributed by atoms with Crippen molar-refractivity contribution in [2.75, 3.05) is 12.5 Å². The number of halogens is 3. The maximum absolute atomic E-state index is 8.36. The fourth-order valence-corrected chi connectivity index (χ4v) is 0.686. The number of hydrogen-bond donors (Lipinski definition) is 1. The average molecular weight is 177 g/mol. The van der Waals surface area contributed by atoms with Gasteiger partial charge in [0, 0.05) is 5.88 Å². The summed E-state index contributed by atoms with van der Waals surface area (Å²) in [5.41, 5.74) is 0. The summed E-state index contributed by atoms with van der Waals surface area (Å²) in [6.45, 7) is -0.123. The lowest BCUT2D eigenvalue weighted by atomic mass is 10.3. The molecule has 1 N–H and O–H groups in total. The van der Waals surface area contributed by atoms with Gasteiger partial charge in [-0.3, -0.25) is 0 Å². The number of alkyl halides is 3. The van der Waals surface area contributed by atoms with E-state index in [1.165, 1.54) is 0 Å². The van der Waals surface area contributed by atoms with Gasteiger partial charge in [-0.05, 0) is 0 Å². The van der Waals surface area contributed by atoms with Gasteiger partial charge in [0.05, 0.1) is 17.4 Å². The van der Waals surface area contributed by atoms with Crippen LogP contribution < -0.4 is 0 Å². The minimum Gasteiger partial charge on any atom is -0.395 e. The average Bonchev–Trinajstić information content (AvgIpc) is 1.84. The maximum atomic E-state index is 8.36. The number of aliphatic hydroxyl groups is 1. The van der Waals surface area contributed by atoms with Crippen LogP contribution in [0.4, 0.5) is 0 Å². The smallest absolute Gasteiger partial charge is 0.0742 e. The minimum absolute atomic E-state index is 0.123. The predicted octanol–water partition coefficient (Wildman–Crippen LogP) is 1.43. The topological polar surface area (TPSA) is 20.2 Å². The lowest BCUT2D eigenvalue weighted by Gasteiger charge is -2.08. The lowest BCUT2D eigenvalue weighted by Crippen LogP contribution is -2.20. The van der Waals surface area contributed by atoms with Crippen LogP contribution >= 0.6 is 34.8 Å². The van der Waals surface area contributed by atoms with Gasteiger partial charge in [-0.1, -0.05) is 0 Å². The molecule has 2 atom stereocenters. The third kappa shape index (κ3) is 2.98. The van der Waals surface area contributed by atoms with E-state index in [-0.39, 0.29) is 17.9 Å². The van der Waals surface area contributed by atoms with Gasteiger partial charge in [0.1, 0.15) is 0 Å². The molecule has 0 unspecified atom stereocenters. The van der Waals surface area contributed by atoms with Crippen LogP contribution in [0, 0.1) is 0 Å². The van der Waals surface area contributed by atoms with E-state index in [1.54, 1.807) is 0 Å². The van der Waals surface area contributed by atoms with Crippen LogP contribution in [-0.4, -0.2) is 28.3 Å². The van der Waals surface area contributed by atoms with E-state index >= 15 is 0 Å². The zero-order valence-electron chi connectivity index (χ0n) is 4.15. The van der Waals surface area contributed by atoms with Gasteiger partial charge in [-0.15, -0.1) is 34.8 Å². The molecule has 0 radical (unpaired) electrons. The Kier molecular flexibility index (Phi) is 5.17. The van der Waals surface area contributed by atoms with Crippen molar-refractivity contribution < 1.29 is 5.11 Å². The minimum atomic E-state index is -0.422. The van der Waals surface area contributed by atoms with Crippen molar-refractivity contribution in [3.8, 4) is 0 Å². The molecule has 0 aliphatic rings. The normalized spacial score (nSPS) is 18.0. The van der Waals surface area contributed by atoms with Gasteiger partial charge in [0.15, 0.2) is 0 Å². The molecule has 0 saturated heterocycles. The SMILES string of the molecule is OC[C@H](Cl)[C@H](Cl)CCl. The highest BCUT2D eigenvalue weighted by atomic mass is 35.5. The highest BCUT2D eigenvalue weighted by molar-refractivity contribution is 6.33. The zero-order valence-corrected chi connectivity index (χ0v) is 6.42. The van der Waals surface area contributed by atoms with Crippen molar-refractivity contribution in [3.05, 3.63) is 0 Å². The molecule has 0 spiro atoms. The summed E-state index contributed by atoms with van der Waals surface area (Å²) in [5.74, 6) is 0.274. The molecule has 0 aromatic carbocycles. The van der Waals surface area contributed by atoms with Gasteiger partial charge in [-0.25, -0.2) is 0 Å². The van der Waals surface area contributed by atoms with E-state index < -0.39 is 5.38 Å². The monoisotopic (exact) mass is 176 g/mol. The van der Waals surface area contributed by atoms with E-state index in [1.807, 2.05) is 0 Å². The fourth-order valence-electron chi connectivity index (χ4n) is 0.211. The molecular formula is C4H7Cl3O. The summed E-state index contributed by atoms with van der Waals surface area (Å²) >= 11 is 16.2. The second-order valence-corrected chi connectivity index (χ2v) is 2.80. The highest BCUT2D eigenvalue weighted by Gasteiger charge is 2.13. The molecule has 0 amide bonds.